The summed E-state index contributed by atoms with van der Waals surface area (Å²) in [5, 5.41) is 21.8. The first-order valence-corrected chi connectivity index (χ1v) is 5.75. The van der Waals surface area contributed by atoms with Gasteiger partial charge < -0.3 is 10.3 Å². The van der Waals surface area contributed by atoms with Crippen molar-refractivity contribution in [2.75, 3.05) is 0 Å². The first-order chi connectivity index (χ1) is 7.54. The first kappa shape index (κ1) is 13.4. The molecule has 0 spiro atoms. The van der Waals surface area contributed by atoms with Crippen molar-refractivity contribution in [1.29, 1.82) is 0 Å². The largest absolute Gasteiger partial charge is 0.506 e. The van der Waals surface area contributed by atoms with Gasteiger partial charge >= 0.3 is 0 Å². The number of halogens is 2. The summed E-state index contributed by atoms with van der Waals surface area (Å²) >= 11 is 6.47. The highest BCUT2D eigenvalue weighted by Crippen LogP contribution is 2.30. The van der Waals surface area contributed by atoms with Gasteiger partial charge in [0.15, 0.2) is 6.29 Å². The number of benzene rings is 1. The summed E-state index contributed by atoms with van der Waals surface area (Å²) in [6.45, 7) is 0. The highest BCUT2D eigenvalue weighted by atomic mass is 79.9. The van der Waals surface area contributed by atoms with Gasteiger partial charge in [0, 0.05) is 10.0 Å². The lowest BCUT2D eigenvalue weighted by atomic mass is 10.2. The number of phenols is 1. The van der Waals surface area contributed by atoms with E-state index in [2.05, 4.69) is 42.4 Å². The molecule has 0 aliphatic rings. The molecule has 6 N–H and O–H groups in total. The minimum absolute atomic E-state index is 0.0688. The molecule has 0 aliphatic carbocycles. The van der Waals surface area contributed by atoms with Gasteiger partial charge in [0.2, 0.25) is 0 Å². The van der Waals surface area contributed by atoms with Gasteiger partial charge in [-0.15, -0.1) is 0 Å². The van der Waals surface area contributed by atoms with E-state index in [0.717, 1.165) is 4.47 Å². The SMILES string of the molecule is NC(NO)N/N=C/c1cc(Br)cc(Br)c1O. The van der Waals surface area contributed by atoms with Gasteiger partial charge in [0.05, 0.1) is 10.7 Å². The summed E-state index contributed by atoms with van der Waals surface area (Å²) in [6, 6.07) is 3.39. The third kappa shape index (κ3) is 3.72. The van der Waals surface area contributed by atoms with Crippen molar-refractivity contribution in [1.82, 2.24) is 10.9 Å². The molecule has 88 valence electrons. The fourth-order valence-electron chi connectivity index (χ4n) is 0.900. The number of hydrogen-bond acceptors (Lipinski definition) is 6. The van der Waals surface area contributed by atoms with Crippen molar-refractivity contribution >= 4 is 38.1 Å². The lowest BCUT2D eigenvalue weighted by Gasteiger charge is -2.07. The van der Waals surface area contributed by atoms with Crippen molar-refractivity contribution in [3.05, 3.63) is 26.6 Å². The summed E-state index contributed by atoms with van der Waals surface area (Å²) in [4.78, 5) is 0. The second kappa shape index (κ2) is 6.16. The Hall–Kier alpha value is -0.670. The predicted molar refractivity (Wildman–Crippen MR) is 67.1 cm³/mol. The Bertz CT molecular complexity index is 400. The third-order valence-corrected chi connectivity index (χ3v) is 2.68. The average molecular weight is 354 g/mol. The lowest BCUT2D eigenvalue weighted by molar-refractivity contribution is 0.113. The fraction of sp³-hybridized carbons (Fsp3) is 0.125. The number of nitrogens with one attached hydrogen (secondary N) is 2. The average Bonchev–Trinajstić information content (AvgIpc) is 2.24. The quantitative estimate of drug-likeness (QED) is 0.316. The molecular weight excluding hydrogens is 344 g/mol. The molecule has 1 aromatic rings. The van der Waals surface area contributed by atoms with Crippen LogP contribution in [0.1, 0.15) is 5.56 Å². The molecular formula is C8H10Br2N4O2. The van der Waals surface area contributed by atoms with Crippen LogP contribution in [-0.2, 0) is 0 Å². The predicted octanol–water partition coefficient (Wildman–Crippen LogP) is 1.06. The maximum atomic E-state index is 9.66. The highest BCUT2D eigenvalue weighted by molar-refractivity contribution is 9.11. The van der Waals surface area contributed by atoms with E-state index in [-0.39, 0.29) is 5.75 Å². The topological polar surface area (TPSA) is 103 Å². The maximum Gasteiger partial charge on any atom is 0.166 e. The van der Waals surface area contributed by atoms with Crippen LogP contribution >= 0.6 is 31.9 Å². The van der Waals surface area contributed by atoms with E-state index in [0.29, 0.717) is 10.0 Å². The summed E-state index contributed by atoms with van der Waals surface area (Å²) in [5.74, 6) is 0.0688. The van der Waals surface area contributed by atoms with Gasteiger partial charge in [0.25, 0.3) is 0 Å². The third-order valence-electron chi connectivity index (χ3n) is 1.61. The molecule has 0 saturated carbocycles. The molecule has 0 fully saturated rings. The molecule has 1 unspecified atom stereocenters. The minimum atomic E-state index is -0.867. The van der Waals surface area contributed by atoms with Crippen LogP contribution in [0.15, 0.2) is 26.2 Å². The van der Waals surface area contributed by atoms with Crippen LogP contribution in [0.2, 0.25) is 0 Å². The smallest absolute Gasteiger partial charge is 0.166 e. The van der Waals surface area contributed by atoms with E-state index >= 15 is 0 Å². The van der Waals surface area contributed by atoms with E-state index in [9.17, 15) is 5.11 Å². The van der Waals surface area contributed by atoms with Crippen LogP contribution in [0.25, 0.3) is 0 Å². The van der Waals surface area contributed by atoms with E-state index in [1.807, 2.05) is 0 Å². The van der Waals surface area contributed by atoms with Gasteiger partial charge in [-0.25, -0.2) is 0 Å². The second-order valence-corrected chi connectivity index (χ2v) is 4.59. The monoisotopic (exact) mass is 352 g/mol. The fourth-order valence-corrected chi connectivity index (χ4v) is 2.16. The Morgan fingerprint density at radius 3 is 2.75 bits per heavy atom. The van der Waals surface area contributed by atoms with Crippen molar-refractivity contribution in [2.45, 2.75) is 6.29 Å². The molecule has 0 bridgehead atoms. The van der Waals surface area contributed by atoms with Crippen molar-refractivity contribution in [3.63, 3.8) is 0 Å². The Labute approximate surface area is 109 Å². The van der Waals surface area contributed by atoms with Gasteiger partial charge in [-0.05, 0) is 28.1 Å². The van der Waals surface area contributed by atoms with Gasteiger partial charge in [-0.1, -0.05) is 15.9 Å². The Morgan fingerprint density at radius 1 is 1.44 bits per heavy atom. The van der Waals surface area contributed by atoms with Gasteiger partial charge in [-0.3, -0.25) is 11.2 Å². The molecule has 1 rings (SSSR count). The number of nitrogens with two attached hydrogens (primary N) is 1. The zero-order chi connectivity index (χ0) is 12.1. The standard InChI is InChI=1S/C8H10Br2N4O2/c9-5-1-4(7(15)6(10)2-5)3-12-13-8(11)14-16/h1-3,8,13-16H,11H2/b12-3+. The van der Waals surface area contributed by atoms with Crippen LogP contribution in [0, 0.1) is 0 Å². The minimum Gasteiger partial charge on any atom is -0.506 e. The number of hydroxylamine groups is 1. The number of phenolic OH excluding ortho intramolecular Hbond substituents is 1. The molecule has 6 nitrogen and oxygen atoms in total. The van der Waals surface area contributed by atoms with Crippen molar-refractivity contribution in [3.8, 4) is 5.75 Å². The van der Waals surface area contributed by atoms with Gasteiger partial charge in [0.1, 0.15) is 5.75 Å². The van der Waals surface area contributed by atoms with Crippen LogP contribution in [0.5, 0.6) is 5.75 Å². The van der Waals surface area contributed by atoms with Gasteiger partial charge in [-0.2, -0.15) is 10.6 Å². The van der Waals surface area contributed by atoms with Crippen LogP contribution in [-0.4, -0.2) is 22.8 Å². The summed E-state index contributed by atoms with van der Waals surface area (Å²) in [5.41, 5.74) is 9.92. The molecule has 8 heteroatoms. The Morgan fingerprint density at radius 2 is 2.12 bits per heavy atom. The van der Waals surface area contributed by atoms with E-state index < -0.39 is 6.29 Å². The highest BCUT2D eigenvalue weighted by Gasteiger charge is 2.05. The van der Waals surface area contributed by atoms with E-state index in [1.54, 1.807) is 17.6 Å². The molecule has 1 atom stereocenters. The second-order valence-electron chi connectivity index (χ2n) is 2.82. The molecule has 0 radical (unpaired) electrons. The summed E-state index contributed by atoms with van der Waals surface area (Å²) in [6.07, 6.45) is 0.510. The van der Waals surface area contributed by atoms with Crippen molar-refractivity contribution < 1.29 is 10.3 Å². The van der Waals surface area contributed by atoms with Crippen molar-refractivity contribution in [2.24, 2.45) is 10.8 Å². The zero-order valence-corrected chi connectivity index (χ0v) is 11.2. The van der Waals surface area contributed by atoms with Crippen LogP contribution < -0.4 is 16.6 Å². The molecule has 0 heterocycles. The van der Waals surface area contributed by atoms with Crippen LogP contribution in [0.4, 0.5) is 0 Å². The van der Waals surface area contributed by atoms with E-state index in [1.165, 1.54) is 6.21 Å². The number of rotatable bonds is 4. The lowest BCUT2D eigenvalue weighted by Crippen LogP contribution is -2.45. The number of hydrogen-bond donors (Lipinski definition) is 5. The Balaban J connectivity index is 2.81. The molecule has 0 saturated heterocycles. The number of aromatic hydroxyl groups is 1. The normalized spacial score (nSPS) is 13.0. The molecule has 0 aliphatic heterocycles. The maximum absolute atomic E-state index is 9.66. The summed E-state index contributed by atoms with van der Waals surface area (Å²) < 4.78 is 1.34. The molecule has 1 aromatic carbocycles. The van der Waals surface area contributed by atoms with E-state index in [4.69, 9.17) is 10.9 Å². The number of hydrazone groups is 1. The molecule has 0 amide bonds. The first-order valence-electron chi connectivity index (χ1n) is 4.16. The Kier molecular flexibility index (Phi) is 5.16. The molecule has 16 heavy (non-hydrogen) atoms. The molecule has 0 aromatic heterocycles. The zero-order valence-electron chi connectivity index (χ0n) is 7.98. The summed E-state index contributed by atoms with van der Waals surface area (Å²) in [7, 11) is 0. The number of nitrogens with zero attached hydrogens (tertiary/aromatic N) is 1. The van der Waals surface area contributed by atoms with Crippen LogP contribution in [0.3, 0.4) is 0 Å².